The van der Waals surface area contributed by atoms with Gasteiger partial charge in [-0.05, 0) is 58.7 Å². The number of urea groups is 1. The van der Waals surface area contributed by atoms with Crippen LogP contribution in [0.1, 0.15) is 4.88 Å². The van der Waals surface area contributed by atoms with Crippen molar-refractivity contribution < 1.29 is 4.79 Å². The molecule has 1 heterocycles. The van der Waals surface area contributed by atoms with E-state index in [1.165, 1.54) is 4.88 Å². The van der Waals surface area contributed by atoms with Crippen LogP contribution in [-0.2, 0) is 6.42 Å². The van der Waals surface area contributed by atoms with E-state index in [-0.39, 0.29) is 6.03 Å². The molecule has 0 atom stereocenters. The number of nitrogens with two attached hydrogens (primary N) is 1. The van der Waals surface area contributed by atoms with Crippen LogP contribution in [0.4, 0.5) is 16.2 Å². The van der Waals surface area contributed by atoms with E-state index in [9.17, 15) is 4.79 Å². The highest BCUT2D eigenvalue weighted by molar-refractivity contribution is 9.11. The Morgan fingerprint density at radius 1 is 1.21 bits per heavy atom. The molecule has 2 aromatic rings. The zero-order valence-electron chi connectivity index (χ0n) is 10.2. The van der Waals surface area contributed by atoms with E-state index >= 15 is 0 Å². The van der Waals surface area contributed by atoms with Crippen molar-refractivity contribution in [2.75, 3.05) is 17.6 Å². The van der Waals surface area contributed by atoms with Gasteiger partial charge in [-0.3, -0.25) is 0 Å². The average molecular weight is 340 g/mol. The number of carbonyl (C=O) groups is 1. The third kappa shape index (κ3) is 4.57. The second-order valence-electron chi connectivity index (χ2n) is 3.96. The van der Waals surface area contributed by atoms with Gasteiger partial charge in [0.05, 0.1) is 3.79 Å². The van der Waals surface area contributed by atoms with Gasteiger partial charge >= 0.3 is 6.03 Å². The molecule has 0 saturated carbocycles. The van der Waals surface area contributed by atoms with Gasteiger partial charge in [-0.2, -0.15) is 0 Å². The summed E-state index contributed by atoms with van der Waals surface area (Å²) < 4.78 is 1.11. The Morgan fingerprint density at radius 3 is 2.58 bits per heavy atom. The Hall–Kier alpha value is -1.53. The molecule has 0 bridgehead atoms. The summed E-state index contributed by atoms with van der Waals surface area (Å²) in [6.45, 7) is 0.605. The van der Waals surface area contributed by atoms with Gasteiger partial charge in [0, 0.05) is 22.8 Å². The highest BCUT2D eigenvalue weighted by Gasteiger charge is 2.02. The van der Waals surface area contributed by atoms with Crippen molar-refractivity contribution in [3.05, 3.63) is 45.1 Å². The van der Waals surface area contributed by atoms with Crippen molar-refractivity contribution in [1.82, 2.24) is 5.32 Å². The summed E-state index contributed by atoms with van der Waals surface area (Å²) in [5.41, 5.74) is 6.98. The second kappa shape index (κ2) is 6.58. The largest absolute Gasteiger partial charge is 0.399 e. The van der Waals surface area contributed by atoms with Crippen molar-refractivity contribution >= 4 is 44.7 Å². The van der Waals surface area contributed by atoms with Crippen molar-refractivity contribution in [3.8, 4) is 0 Å². The van der Waals surface area contributed by atoms with Crippen LogP contribution in [0.15, 0.2) is 40.2 Å². The molecule has 1 aromatic heterocycles. The Balaban J connectivity index is 1.74. The summed E-state index contributed by atoms with van der Waals surface area (Å²) >= 11 is 5.09. The molecular weight excluding hydrogens is 326 g/mol. The summed E-state index contributed by atoms with van der Waals surface area (Å²) in [5.74, 6) is 0. The van der Waals surface area contributed by atoms with Crippen LogP contribution in [0.5, 0.6) is 0 Å². The maximum Gasteiger partial charge on any atom is 0.319 e. The van der Waals surface area contributed by atoms with Crippen molar-refractivity contribution in [2.45, 2.75) is 6.42 Å². The van der Waals surface area contributed by atoms with Gasteiger partial charge in [0.2, 0.25) is 0 Å². The van der Waals surface area contributed by atoms with Gasteiger partial charge < -0.3 is 16.4 Å². The monoisotopic (exact) mass is 339 g/mol. The van der Waals surface area contributed by atoms with E-state index in [1.807, 2.05) is 12.1 Å². The van der Waals surface area contributed by atoms with Crippen molar-refractivity contribution in [3.63, 3.8) is 0 Å². The Labute approximate surface area is 124 Å². The van der Waals surface area contributed by atoms with Gasteiger partial charge in [-0.25, -0.2) is 4.79 Å². The first-order valence-electron chi connectivity index (χ1n) is 5.78. The molecule has 0 aliphatic heterocycles. The average Bonchev–Trinajstić information content (AvgIpc) is 2.78. The number of anilines is 2. The Morgan fingerprint density at radius 2 is 1.95 bits per heavy atom. The normalized spacial score (nSPS) is 10.2. The number of hydrogen-bond donors (Lipinski definition) is 3. The summed E-state index contributed by atoms with van der Waals surface area (Å²) in [6.07, 6.45) is 0.825. The molecule has 0 spiro atoms. The molecule has 1 aromatic carbocycles. The zero-order valence-corrected chi connectivity index (χ0v) is 12.6. The summed E-state index contributed by atoms with van der Waals surface area (Å²) in [4.78, 5) is 12.9. The molecule has 0 aliphatic rings. The third-order valence-corrected chi connectivity index (χ3v) is 4.14. The minimum Gasteiger partial charge on any atom is -0.399 e. The molecule has 0 saturated heterocycles. The molecule has 2 amide bonds. The van der Waals surface area contributed by atoms with E-state index in [1.54, 1.807) is 35.6 Å². The number of amides is 2. The van der Waals surface area contributed by atoms with Crippen LogP contribution >= 0.6 is 27.3 Å². The molecule has 0 aliphatic carbocycles. The fraction of sp³-hybridized carbons (Fsp3) is 0.154. The fourth-order valence-corrected chi connectivity index (χ4v) is 3.01. The molecule has 4 nitrogen and oxygen atoms in total. The van der Waals surface area contributed by atoms with E-state index < -0.39 is 0 Å². The molecule has 0 unspecified atom stereocenters. The molecule has 0 radical (unpaired) electrons. The highest BCUT2D eigenvalue weighted by Crippen LogP contribution is 2.22. The number of thiophene rings is 1. The van der Waals surface area contributed by atoms with Gasteiger partial charge in [0.1, 0.15) is 0 Å². The van der Waals surface area contributed by atoms with Crippen molar-refractivity contribution in [1.29, 1.82) is 0 Å². The number of benzene rings is 1. The molecule has 100 valence electrons. The molecule has 4 N–H and O–H groups in total. The first-order chi connectivity index (χ1) is 9.13. The van der Waals surface area contributed by atoms with Crippen molar-refractivity contribution in [2.24, 2.45) is 0 Å². The number of rotatable bonds is 4. The number of carbonyl (C=O) groups excluding carboxylic acids is 1. The lowest BCUT2D eigenvalue weighted by Crippen LogP contribution is -2.30. The molecule has 2 rings (SSSR count). The van der Waals surface area contributed by atoms with Crippen LogP contribution in [-0.4, -0.2) is 12.6 Å². The number of hydrogen-bond acceptors (Lipinski definition) is 3. The van der Waals surface area contributed by atoms with E-state index in [2.05, 4.69) is 26.6 Å². The molecule has 0 fully saturated rings. The highest BCUT2D eigenvalue weighted by atomic mass is 79.9. The number of halogens is 1. The zero-order chi connectivity index (χ0) is 13.7. The minimum absolute atomic E-state index is 0.208. The van der Waals surface area contributed by atoms with Crippen LogP contribution in [0.25, 0.3) is 0 Å². The summed E-state index contributed by atoms with van der Waals surface area (Å²) in [5, 5.41) is 5.56. The fourth-order valence-electron chi connectivity index (χ4n) is 1.53. The lowest BCUT2D eigenvalue weighted by molar-refractivity contribution is 0.252. The lowest BCUT2D eigenvalue weighted by atomic mass is 10.3. The predicted octanol–water partition coefficient (Wildman–Crippen LogP) is 3.46. The number of nitrogen functional groups attached to an aromatic ring is 1. The standard InChI is InChI=1S/C13H14BrN3OS/c14-12-6-5-11(19-12)7-8-16-13(18)17-10-3-1-9(15)2-4-10/h1-6H,7-8,15H2,(H2,16,17,18). The van der Waals surface area contributed by atoms with Gasteiger partial charge in [0.15, 0.2) is 0 Å². The Kier molecular flexibility index (Phi) is 4.81. The van der Waals surface area contributed by atoms with Crippen LogP contribution in [0.3, 0.4) is 0 Å². The first-order valence-corrected chi connectivity index (χ1v) is 7.39. The van der Waals surface area contributed by atoms with Gasteiger partial charge in [-0.1, -0.05) is 0 Å². The van der Waals surface area contributed by atoms with E-state index in [0.29, 0.717) is 12.2 Å². The maximum absolute atomic E-state index is 11.6. The quantitative estimate of drug-likeness (QED) is 0.746. The predicted molar refractivity (Wildman–Crippen MR) is 83.6 cm³/mol. The first kappa shape index (κ1) is 13.9. The number of nitrogens with one attached hydrogen (secondary N) is 2. The molecule has 19 heavy (non-hydrogen) atoms. The summed E-state index contributed by atoms with van der Waals surface area (Å²) in [7, 11) is 0. The Bertz CT molecular complexity index is 553. The van der Waals surface area contributed by atoms with Gasteiger partial charge in [-0.15, -0.1) is 11.3 Å². The van der Waals surface area contributed by atoms with Crippen LogP contribution in [0, 0.1) is 0 Å². The smallest absolute Gasteiger partial charge is 0.319 e. The van der Waals surface area contributed by atoms with Gasteiger partial charge in [0.25, 0.3) is 0 Å². The molecule has 6 heteroatoms. The van der Waals surface area contributed by atoms with E-state index in [4.69, 9.17) is 5.73 Å². The van der Waals surface area contributed by atoms with E-state index in [0.717, 1.165) is 15.9 Å². The minimum atomic E-state index is -0.208. The maximum atomic E-state index is 11.6. The van der Waals surface area contributed by atoms with Crippen LogP contribution in [0.2, 0.25) is 0 Å². The van der Waals surface area contributed by atoms with Crippen LogP contribution < -0.4 is 16.4 Å². The topological polar surface area (TPSA) is 67.1 Å². The lowest BCUT2D eigenvalue weighted by Gasteiger charge is -2.07. The summed E-state index contributed by atoms with van der Waals surface area (Å²) in [6, 6.07) is 10.9. The SMILES string of the molecule is Nc1ccc(NC(=O)NCCc2ccc(Br)s2)cc1. The molecular formula is C13H14BrN3OS. The third-order valence-electron chi connectivity index (χ3n) is 2.45. The second-order valence-corrected chi connectivity index (χ2v) is 6.51.